The van der Waals surface area contributed by atoms with Crippen LogP contribution in [-0.2, 0) is 0 Å². The van der Waals surface area contributed by atoms with Gasteiger partial charge in [0.2, 0.25) is 0 Å². The van der Waals surface area contributed by atoms with Crippen molar-refractivity contribution in [3.8, 4) is 0 Å². The van der Waals surface area contributed by atoms with E-state index in [4.69, 9.17) is 0 Å². The third-order valence-corrected chi connectivity index (χ3v) is 2.34. The summed E-state index contributed by atoms with van der Waals surface area (Å²) in [6.07, 6.45) is 4.03. The Kier molecular flexibility index (Phi) is 2.72. The van der Waals surface area contributed by atoms with Crippen molar-refractivity contribution >= 4 is 0 Å². The maximum absolute atomic E-state index is 4.13. The Morgan fingerprint density at radius 2 is 2.10 bits per heavy atom. The van der Waals surface area contributed by atoms with Crippen LogP contribution in [0.3, 0.4) is 0 Å². The minimum Gasteiger partial charge on any atom is -0.298 e. The van der Waals surface area contributed by atoms with Crippen molar-refractivity contribution in [2.75, 3.05) is 6.54 Å². The number of piperidine rings is 1. The van der Waals surface area contributed by atoms with E-state index in [2.05, 4.69) is 25.7 Å². The zero-order chi connectivity index (χ0) is 7.56. The molecule has 0 amide bonds. The van der Waals surface area contributed by atoms with E-state index in [0.717, 1.165) is 0 Å². The summed E-state index contributed by atoms with van der Waals surface area (Å²) in [7, 11) is 0. The third-order valence-electron chi connectivity index (χ3n) is 2.34. The van der Waals surface area contributed by atoms with Crippen molar-refractivity contribution < 1.29 is 0 Å². The molecule has 0 aliphatic carbocycles. The van der Waals surface area contributed by atoms with E-state index in [1.807, 2.05) is 0 Å². The van der Waals surface area contributed by atoms with Gasteiger partial charge in [-0.25, -0.2) is 0 Å². The van der Waals surface area contributed by atoms with Gasteiger partial charge >= 0.3 is 0 Å². The van der Waals surface area contributed by atoms with E-state index in [0.29, 0.717) is 12.1 Å². The first-order valence-corrected chi connectivity index (χ1v) is 4.30. The molecule has 0 bridgehead atoms. The van der Waals surface area contributed by atoms with Crippen molar-refractivity contribution in [1.82, 2.24) is 4.90 Å². The van der Waals surface area contributed by atoms with Crippen molar-refractivity contribution in [3.05, 3.63) is 6.92 Å². The first kappa shape index (κ1) is 8.06. The summed E-state index contributed by atoms with van der Waals surface area (Å²) in [5.74, 6) is 0. The summed E-state index contributed by atoms with van der Waals surface area (Å²) in [5, 5.41) is 0. The lowest BCUT2D eigenvalue weighted by Crippen LogP contribution is -2.42. The second-order valence-electron chi connectivity index (χ2n) is 3.48. The molecule has 1 fully saturated rings. The summed E-state index contributed by atoms with van der Waals surface area (Å²) in [5.41, 5.74) is 0. The molecule has 1 aliphatic rings. The highest BCUT2D eigenvalue weighted by molar-refractivity contribution is 4.80. The molecule has 1 rings (SSSR count). The molecule has 1 unspecified atom stereocenters. The molecule has 1 nitrogen and oxygen atoms in total. The van der Waals surface area contributed by atoms with Gasteiger partial charge in [-0.05, 0) is 40.2 Å². The van der Waals surface area contributed by atoms with Gasteiger partial charge < -0.3 is 0 Å². The highest BCUT2D eigenvalue weighted by Crippen LogP contribution is 2.17. The average Bonchev–Trinajstić information content (AvgIpc) is 1.88. The number of rotatable bonds is 1. The topological polar surface area (TPSA) is 3.24 Å². The molecule has 0 aromatic carbocycles. The Morgan fingerprint density at radius 1 is 1.40 bits per heavy atom. The van der Waals surface area contributed by atoms with E-state index >= 15 is 0 Å². The van der Waals surface area contributed by atoms with Crippen LogP contribution in [0.15, 0.2) is 0 Å². The second kappa shape index (κ2) is 3.38. The number of hydrogen-bond acceptors (Lipinski definition) is 1. The van der Waals surface area contributed by atoms with Crippen LogP contribution in [0.1, 0.15) is 33.1 Å². The van der Waals surface area contributed by atoms with Crippen LogP contribution in [0.2, 0.25) is 0 Å². The SMILES string of the molecule is [CH2]C1CCCCN1C(C)C. The van der Waals surface area contributed by atoms with Gasteiger partial charge in [-0.2, -0.15) is 0 Å². The van der Waals surface area contributed by atoms with Crippen LogP contribution >= 0.6 is 0 Å². The minimum atomic E-state index is 0.578. The van der Waals surface area contributed by atoms with Gasteiger partial charge in [0.05, 0.1) is 0 Å². The summed E-state index contributed by atoms with van der Waals surface area (Å²) >= 11 is 0. The molecule has 10 heavy (non-hydrogen) atoms. The highest BCUT2D eigenvalue weighted by atomic mass is 15.2. The number of hydrogen-bond donors (Lipinski definition) is 0. The van der Waals surface area contributed by atoms with E-state index in [9.17, 15) is 0 Å². The molecule has 1 heteroatoms. The maximum Gasteiger partial charge on any atom is 0.00985 e. The molecule has 0 aromatic rings. The van der Waals surface area contributed by atoms with Crippen LogP contribution in [0, 0.1) is 6.92 Å². The summed E-state index contributed by atoms with van der Waals surface area (Å²) in [6, 6.07) is 1.26. The highest BCUT2D eigenvalue weighted by Gasteiger charge is 2.19. The predicted molar refractivity (Wildman–Crippen MR) is 44.8 cm³/mol. The van der Waals surface area contributed by atoms with Crippen LogP contribution < -0.4 is 0 Å². The molecule has 0 N–H and O–H groups in total. The van der Waals surface area contributed by atoms with Gasteiger partial charge in [-0.15, -0.1) is 0 Å². The third kappa shape index (κ3) is 1.72. The lowest BCUT2D eigenvalue weighted by Gasteiger charge is -2.36. The van der Waals surface area contributed by atoms with Crippen LogP contribution in [-0.4, -0.2) is 23.5 Å². The molecule has 0 aromatic heterocycles. The smallest absolute Gasteiger partial charge is 0.00985 e. The van der Waals surface area contributed by atoms with Gasteiger partial charge in [-0.3, -0.25) is 4.90 Å². The van der Waals surface area contributed by atoms with Crippen LogP contribution in [0.25, 0.3) is 0 Å². The minimum absolute atomic E-state index is 0.578. The van der Waals surface area contributed by atoms with Gasteiger partial charge in [0.1, 0.15) is 0 Å². The van der Waals surface area contributed by atoms with Crippen molar-refractivity contribution in [2.45, 2.75) is 45.2 Å². The standard InChI is InChI=1S/C9H18N/c1-8(2)10-7-5-4-6-9(10)3/h8-9H,3-7H2,1-2H3. The van der Waals surface area contributed by atoms with E-state index in [1.54, 1.807) is 0 Å². The van der Waals surface area contributed by atoms with Crippen LogP contribution in [0.4, 0.5) is 0 Å². The number of likely N-dealkylation sites (tertiary alicyclic amines) is 1. The zero-order valence-corrected chi connectivity index (χ0v) is 7.14. The van der Waals surface area contributed by atoms with Gasteiger partial charge in [-0.1, -0.05) is 6.42 Å². The van der Waals surface area contributed by atoms with E-state index < -0.39 is 0 Å². The monoisotopic (exact) mass is 140 g/mol. The quantitative estimate of drug-likeness (QED) is 0.539. The summed E-state index contributed by atoms with van der Waals surface area (Å²) < 4.78 is 0. The Morgan fingerprint density at radius 3 is 2.50 bits per heavy atom. The molecule has 1 radical (unpaired) electrons. The van der Waals surface area contributed by atoms with Crippen molar-refractivity contribution in [2.24, 2.45) is 0 Å². The van der Waals surface area contributed by atoms with Gasteiger partial charge in [0, 0.05) is 12.1 Å². The molecular weight excluding hydrogens is 122 g/mol. The predicted octanol–water partition coefficient (Wildman–Crippen LogP) is 2.08. The average molecular weight is 140 g/mol. The molecule has 1 atom stereocenters. The molecule has 1 saturated heterocycles. The van der Waals surface area contributed by atoms with Crippen LogP contribution in [0.5, 0.6) is 0 Å². The lowest BCUT2D eigenvalue weighted by molar-refractivity contribution is 0.139. The number of nitrogens with zero attached hydrogens (tertiary/aromatic N) is 1. The fourth-order valence-electron chi connectivity index (χ4n) is 1.70. The van der Waals surface area contributed by atoms with Gasteiger partial charge in [0.15, 0.2) is 0 Å². The van der Waals surface area contributed by atoms with E-state index in [1.165, 1.54) is 25.8 Å². The summed E-state index contributed by atoms with van der Waals surface area (Å²) in [4.78, 5) is 2.49. The Hall–Kier alpha value is -0.0400. The molecule has 0 saturated carbocycles. The Labute approximate surface area is 64.4 Å². The fraction of sp³-hybridized carbons (Fsp3) is 0.889. The zero-order valence-electron chi connectivity index (χ0n) is 7.14. The van der Waals surface area contributed by atoms with Crippen molar-refractivity contribution in [1.29, 1.82) is 0 Å². The molecule has 0 spiro atoms. The largest absolute Gasteiger partial charge is 0.298 e. The molecule has 1 aliphatic heterocycles. The molecule has 59 valence electrons. The van der Waals surface area contributed by atoms with Crippen molar-refractivity contribution in [3.63, 3.8) is 0 Å². The summed E-state index contributed by atoms with van der Waals surface area (Å²) in [6.45, 7) is 9.89. The lowest BCUT2D eigenvalue weighted by atomic mass is 10.0. The maximum atomic E-state index is 4.13. The van der Waals surface area contributed by atoms with E-state index in [-0.39, 0.29) is 0 Å². The molecular formula is C9H18N. The Bertz CT molecular complexity index is 98.9. The first-order chi connectivity index (χ1) is 4.72. The Balaban J connectivity index is 2.40. The van der Waals surface area contributed by atoms with Gasteiger partial charge in [0.25, 0.3) is 0 Å². The second-order valence-corrected chi connectivity index (χ2v) is 3.48. The molecule has 1 heterocycles. The first-order valence-electron chi connectivity index (χ1n) is 4.30. The normalized spacial score (nSPS) is 29.4. The fourth-order valence-corrected chi connectivity index (χ4v) is 1.70.